The highest BCUT2D eigenvalue weighted by Crippen LogP contribution is 2.49. The summed E-state index contributed by atoms with van der Waals surface area (Å²) in [5, 5.41) is 0. The quantitative estimate of drug-likeness (QED) is 0.761. The Morgan fingerprint density at radius 1 is 1.18 bits per heavy atom. The molecule has 1 saturated carbocycles. The third kappa shape index (κ3) is 2.10. The van der Waals surface area contributed by atoms with Crippen LogP contribution in [0.5, 0.6) is 0 Å². The molecule has 3 nitrogen and oxygen atoms in total. The molecule has 2 fully saturated rings. The number of amides is 1. The summed E-state index contributed by atoms with van der Waals surface area (Å²) in [5.41, 5.74) is 6.06. The van der Waals surface area contributed by atoms with Crippen molar-refractivity contribution in [1.82, 2.24) is 4.90 Å². The van der Waals surface area contributed by atoms with E-state index < -0.39 is 0 Å². The molecular weight excluding hydrogens is 212 g/mol. The Morgan fingerprint density at radius 3 is 2.24 bits per heavy atom. The zero-order chi connectivity index (χ0) is 12.7. The molecule has 2 rings (SSSR count). The first-order chi connectivity index (χ1) is 7.86. The third-order valence-corrected chi connectivity index (χ3v) is 5.26. The summed E-state index contributed by atoms with van der Waals surface area (Å²) >= 11 is 0. The molecule has 1 aliphatic carbocycles. The number of piperidine rings is 1. The lowest BCUT2D eigenvalue weighted by Crippen LogP contribution is -2.52. The van der Waals surface area contributed by atoms with Gasteiger partial charge < -0.3 is 10.6 Å². The Kier molecular flexibility index (Phi) is 3.23. The van der Waals surface area contributed by atoms with Crippen LogP contribution in [0.3, 0.4) is 0 Å². The molecule has 0 aromatic carbocycles. The fourth-order valence-electron chi connectivity index (χ4n) is 3.29. The fourth-order valence-corrected chi connectivity index (χ4v) is 3.29. The third-order valence-electron chi connectivity index (χ3n) is 5.26. The van der Waals surface area contributed by atoms with Gasteiger partial charge >= 0.3 is 0 Å². The molecular formula is C14H26N2O. The molecule has 0 unspecified atom stereocenters. The maximum atomic E-state index is 12.6. The highest BCUT2D eigenvalue weighted by Gasteiger charge is 2.52. The second-order valence-electron chi connectivity index (χ2n) is 6.62. The van der Waals surface area contributed by atoms with Crippen LogP contribution in [0.1, 0.15) is 52.9 Å². The van der Waals surface area contributed by atoms with Crippen LogP contribution in [0.15, 0.2) is 0 Å². The van der Waals surface area contributed by atoms with Gasteiger partial charge in [-0.15, -0.1) is 0 Å². The average molecular weight is 238 g/mol. The number of rotatable bonds is 1. The minimum Gasteiger partial charge on any atom is -0.342 e. The summed E-state index contributed by atoms with van der Waals surface area (Å²) in [4.78, 5) is 14.6. The molecule has 1 saturated heterocycles. The lowest BCUT2D eigenvalue weighted by molar-refractivity contribution is -0.140. The fraction of sp³-hybridized carbons (Fsp3) is 0.929. The lowest BCUT2D eigenvalue weighted by atomic mass is 9.71. The second-order valence-corrected chi connectivity index (χ2v) is 6.62. The minimum absolute atomic E-state index is 0.0818. The molecule has 0 aromatic rings. The average Bonchev–Trinajstić information content (AvgIpc) is 2.49. The van der Waals surface area contributed by atoms with Crippen LogP contribution in [0.2, 0.25) is 0 Å². The molecule has 0 bridgehead atoms. The van der Waals surface area contributed by atoms with Crippen LogP contribution in [0.4, 0.5) is 0 Å². The highest BCUT2D eigenvalue weighted by atomic mass is 16.2. The molecule has 1 amide bonds. The first-order valence-electron chi connectivity index (χ1n) is 6.94. The van der Waals surface area contributed by atoms with Gasteiger partial charge in [-0.25, -0.2) is 0 Å². The van der Waals surface area contributed by atoms with Gasteiger partial charge in [0.05, 0.1) is 0 Å². The van der Waals surface area contributed by atoms with Crippen molar-refractivity contribution in [2.75, 3.05) is 13.1 Å². The van der Waals surface area contributed by atoms with Crippen molar-refractivity contribution < 1.29 is 4.79 Å². The number of hydrogen-bond donors (Lipinski definition) is 1. The number of carbonyl (C=O) groups is 1. The topological polar surface area (TPSA) is 46.3 Å². The van der Waals surface area contributed by atoms with E-state index in [1.54, 1.807) is 0 Å². The van der Waals surface area contributed by atoms with E-state index in [0.717, 1.165) is 25.9 Å². The van der Waals surface area contributed by atoms with E-state index in [9.17, 15) is 4.79 Å². The van der Waals surface area contributed by atoms with Gasteiger partial charge in [0, 0.05) is 24.5 Å². The number of likely N-dealkylation sites (tertiary alicyclic amines) is 1. The molecule has 0 spiro atoms. The molecule has 3 heteroatoms. The van der Waals surface area contributed by atoms with E-state index in [1.165, 1.54) is 19.3 Å². The van der Waals surface area contributed by atoms with Crippen molar-refractivity contribution in [1.29, 1.82) is 0 Å². The zero-order valence-electron chi connectivity index (χ0n) is 11.5. The van der Waals surface area contributed by atoms with Gasteiger partial charge in [-0.3, -0.25) is 4.79 Å². The summed E-state index contributed by atoms with van der Waals surface area (Å²) in [6, 6.07) is 0. The van der Waals surface area contributed by atoms with Crippen molar-refractivity contribution in [2.24, 2.45) is 17.1 Å². The molecule has 1 heterocycles. The van der Waals surface area contributed by atoms with Gasteiger partial charge in [-0.1, -0.05) is 13.8 Å². The number of nitrogens with zero attached hydrogens (tertiary/aromatic N) is 1. The Bertz CT molecular complexity index is 303. The lowest BCUT2D eigenvalue weighted by Gasteiger charge is -2.40. The van der Waals surface area contributed by atoms with Gasteiger partial charge in [0.25, 0.3) is 0 Å². The first-order valence-corrected chi connectivity index (χ1v) is 6.94. The standard InChI is InChI=1S/C14H26N2O/c1-13(2)11(7-8-14(13,3)15)12(17)16-9-5-4-6-10-16/h11H,4-10,15H2,1-3H3/t11-,14-/m1/s1. The Morgan fingerprint density at radius 2 is 1.76 bits per heavy atom. The molecule has 2 N–H and O–H groups in total. The van der Waals surface area contributed by atoms with E-state index in [2.05, 4.69) is 25.7 Å². The van der Waals surface area contributed by atoms with Crippen molar-refractivity contribution in [3.05, 3.63) is 0 Å². The number of carbonyl (C=O) groups excluding carboxylic acids is 1. The smallest absolute Gasteiger partial charge is 0.226 e. The summed E-state index contributed by atoms with van der Waals surface area (Å²) in [6.07, 6.45) is 5.52. The van der Waals surface area contributed by atoms with Crippen molar-refractivity contribution >= 4 is 5.91 Å². The van der Waals surface area contributed by atoms with E-state index in [4.69, 9.17) is 5.73 Å². The Hall–Kier alpha value is -0.570. The van der Waals surface area contributed by atoms with E-state index in [0.29, 0.717) is 5.91 Å². The maximum Gasteiger partial charge on any atom is 0.226 e. The summed E-state index contributed by atoms with van der Waals surface area (Å²) in [5.74, 6) is 0.472. The largest absolute Gasteiger partial charge is 0.342 e. The molecule has 98 valence electrons. The summed E-state index contributed by atoms with van der Waals surface area (Å²) in [6.45, 7) is 8.31. The second kappa shape index (κ2) is 4.27. The maximum absolute atomic E-state index is 12.6. The van der Waals surface area contributed by atoms with Crippen LogP contribution < -0.4 is 5.73 Å². The number of nitrogens with two attached hydrogens (primary N) is 1. The van der Waals surface area contributed by atoms with Crippen molar-refractivity contribution in [3.63, 3.8) is 0 Å². The molecule has 0 radical (unpaired) electrons. The number of hydrogen-bond acceptors (Lipinski definition) is 2. The SMILES string of the molecule is CC1(C)[C@@H](C(=O)N2CCCCC2)CC[C@@]1(C)N. The van der Waals surface area contributed by atoms with Crippen LogP contribution in [0.25, 0.3) is 0 Å². The van der Waals surface area contributed by atoms with Crippen molar-refractivity contribution in [2.45, 2.75) is 58.4 Å². The van der Waals surface area contributed by atoms with Gasteiger partial charge in [0.15, 0.2) is 0 Å². The monoisotopic (exact) mass is 238 g/mol. The van der Waals surface area contributed by atoms with Gasteiger partial charge in [0.2, 0.25) is 5.91 Å². The molecule has 2 aliphatic rings. The molecule has 17 heavy (non-hydrogen) atoms. The highest BCUT2D eigenvalue weighted by molar-refractivity contribution is 5.80. The van der Waals surface area contributed by atoms with Crippen LogP contribution >= 0.6 is 0 Å². The van der Waals surface area contributed by atoms with Gasteiger partial charge in [-0.2, -0.15) is 0 Å². The summed E-state index contributed by atoms with van der Waals surface area (Å²) in [7, 11) is 0. The molecule has 0 aromatic heterocycles. The molecule has 1 aliphatic heterocycles. The van der Waals surface area contributed by atoms with E-state index in [1.807, 2.05) is 0 Å². The first kappa shape index (κ1) is 12.9. The van der Waals surface area contributed by atoms with Crippen LogP contribution in [0, 0.1) is 11.3 Å². The normalized spacial score (nSPS) is 37.2. The van der Waals surface area contributed by atoms with E-state index in [-0.39, 0.29) is 16.9 Å². The zero-order valence-corrected chi connectivity index (χ0v) is 11.5. The van der Waals surface area contributed by atoms with Crippen LogP contribution in [-0.2, 0) is 4.79 Å². The predicted octanol–water partition coefficient (Wildman–Crippen LogP) is 2.15. The molecule has 2 atom stereocenters. The predicted molar refractivity (Wildman–Crippen MR) is 69.5 cm³/mol. The van der Waals surface area contributed by atoms with Gasteiger partial charge in [0.1, 0.15) is 0 Å². The Labute approximate surface area is 105 Å². The Balaban J connectivity index is 2.10. The summed E-state index contributed by atoms with van der Waals surface area (Å²) < 4.78 is 0. The van der Waals surface area contributed by atoms with Crippen molar-refractivity contribution in [3.8, 4) is 0 Å². The van der Waals surface area contributed by atoms with Gasteiger partial charge in [-0.05, 0) is 44.4 Å². The van der Waals surface area contributed by atoms with Crippen LogP contribution in [-0.4, -0.2) is 29.4 Å². The van der Waals surface area contributed by atoms with E-state index >= 15 is 0 Å². The minimum atomic E-state index is -0.205.